The van der Waals surface area contributed by atoms with E-state index in [1.807, 2.05) is 19.9 Å². The van der Waals surface area contributed by atoms with Crippen LogP contribution in [0.4, 0.5) is 0 Å². The average Bonchev–Trinajstić information content (AvgIpc) is 2.44. The highest BCUT2D eigenvalue weighted by molar-refractivity contribution is 5.98. The number of esters is 1. The SMILES string of the molecule is COc1cc(/C=C(\C#N)C(=O)OC(C)C)ccc1OC(C)C. The van der Waals surface area contributed by atoms with Crippen LogP contribution in [0.2, 0.25) is 0 Å². The molecule has 0 aliphatic heterocycles. The summed E-state index contributed by atoms with van der Waals surface area (Å²) in [5.41, 5.74) is 0.596. The Kier molecular flexibility index (Phi) is 6.46. The first-order valence-corrected chi connectivity index (χ1v) is 7.04. The van der Waals surface area contributed by atoms with Crippen LogP contribution in [0.25, 0.3) is 6.08 Å². The van der Waals surface area contributed by atoms with Crippen molar-refractivity contribution in [1.29, 1.82) is 5.26 Å². The van der Waals surface area contributed by atoms with Gasteiger partial charge >= 0.3 is 5.97 Å². The van der Waals surface area contributed by atoms with Crippen molar-refractivity contribution in [2.24, 2.45) is 0 Å². The number of methoxy groups -OCH3 is 1. The van der Waals surface area contributed by atoms with Crippen molar-refractivity contribution in [2.45, 2.75) is 39.9 Å². The normalized spacial score (nSPS) is 11.3. The van der Waals surface area contributed by atoms with Gasteiger partial charge in [-0.25, -0.2) is 4.79 Å². The van der Waals surface area contributed by atoms with Gasteiger partial charge in [0, 0.05) is 0 Å². The summed E-state index contributed by atoms with van der Waals surface area (Å²) >= 11 is 0. The van der Waals surface area contributed by atoms with E-state index in [4.69, 9.17) is 19.5 Å². The highest BCUT2D eigenvalue weighted by Crippen LogP contribution is 2.29. The summed E-state index contributed by atoms with van der Waals surface area (Å²) < 4.78 is 15.9. The lowest BCUT2D eigenvalue weighted by molar-refractivity contribution is -0.142. The molecule has 0 aromatic heterocycles. The second kappa shape index (κ2) is 8.08. The molecule has 1 rings (SSSR count). The van der Waals surface area contributed by atoms with E-state index in [-0.39, 0.29) is 17.8 Å². The van der Waals surface area contributed by atoms with Crippen LogP contribution in [-0.2, 0) is 9.53 Å². The molecule has 0 fully saturated rings. The smallest absolute Gasteiger partial charge is 0.349 e. The van der Waals surface area contributed by atoms with Gasteiger partial charge in [-0.3, -0.25) is 0 Å². The number of benzene rings is 1. The largest absolute Gasteiger partial charge is 0.493 e. The number of rotatable bonds is 6. The number of ether oxygens (including phenoxy) is 3. The number of carbonyl (C=O) groups excluding carboxylic acids is 1. The van der Waals surface area contributed by atoms with Gasteiger partial charge in [0.15, 0.2) is 11.5 Å². The van der Waals surface area contributed by atoms with Crippen LogP contribution in [0, 0.1) is 11.3 Å². The van der Waals surface area contributed by atoms with Gasteiger partial charge in [0.1, 0.15) is 11.6 Å². The van der Waals surface area contributed by atoms with Gasteiger partial charge in [-0.2, -0.15) is 5.26 Å². The predicted octanol–water partition coefficient (Wildman–Crippen LogP) is 3.34. The summed E-state index contributed by atoms with van der Waals surface area (Å²) in [4.78, 5) is 11.8. The van der Waals surface area contributed by atoms with Gasteiger partial charge in [0.2, 0.25) is 0 Å². The first kappa shape index (κ1) is 17.6. The highest BCUT2D eigenvalue weighted by atomic mass is 16.5. The maximum atomic E-state index is 11.8. The monoisotopic (exact) mass is 303 g/mol. The van der Waals surface area contributed by atoms with E-state index in [1.54, 1.807) is 32.0 Å². The molecule has 1 aromatic rings. The number of hydrogen-bond donors (Lipinski definition) is 0. The molecule has 5 heteroatoms. The van der Waals surface area contributed by atoms with Crippen LogP contribution < -0.4 is 9.47 Å². The zero-order valence-corrected chi connectivity index (χ0v) is 13.5. The van der Waals surface area contributed by atoms with E-state index in [9.17, 15) is 4.79 Å². The molecular weight excluding hydrogens is 282 g/mol. The van der Waals surface area contributed by atoms with Crippen LogP contribution in [0.15, 0.2) is 23.8 Å². The Balaban J connectivity index is 3.08. The minimum absolute atomic E-state index is 0.0194. The second-order valence-electron chi connectivity index (χ2n) is 5.20. The molecular formula is C17H21NO4. The van der Waals surface area contributed by atoms with Gasteiger partial charge in [-0.1, -0.05) is 6.07 Å². The summed E-state index contributed by atoms with van der Waals surface area (Å²) in [7, 11) is 1.54. The molecule has 0 spiro atoms. The Bertz CT molecular complexity index is 597. The van der Waals surface area contributed by atoms with Gasteiger partial charge in [0.05, 0.1) is 19.3 Å². The highest BCUT2D eigenvalue weighted by Gasteiger charge is 2.13. The zero-order valence-electron chi connectivity index (χ0n) is 13.5. The van der Waals surface area contributed by atoms with Crippen LogP contribution in [0.5, 0.6) is 11.5 Å². The molecule has 0 N–H and O–H groups in total. The lowest BCUT2D eigenvalue weighted by atomic mass is 10.1. The van der Waals surface area contributed by atoms with E-state index >= 15 is 0 Å². The van der Waals surface area contributed by atoms with E-state index < -0.39 is 5.97 Å². The van der Waals surface area contributed by atoms with Gasteiger partial charge in [0.25, 0.3) is 0 Å². The fourth-order valence-corrected chi connectivity index (χ4v) is 1.71. The fraction of sp³-hybridized carbons (Fsp3) is 0.412. The summed E-state index contributed by atoms with van der Waals surface area (Å²) in [5.74, 6) is 0.508. The van der Waals surface area contributed by atoms with Crippen molar-refractivity contribution < 1.29 is 19.0 Å². The average molecular weight is 303 g/mol. The second-order valence-corrected chi connectivity index (χ2v) is 5.20. The number of carbonyl (C=O) groups is 1. The molecule has 0 bridgehead atoms. The van der Waals surface area contributed by atoms with Crippen molar-refractivity contribution in [3.05, 3.63) is 29.3 Å². The lowest BCUT2D eigenvalue weighted by Crippen LogP contribution is -2.12. The Morgan fingerprint density at radius 1 is 1.18 bits per heavy atom. The molecule has 0 atom stereocenters. The third kappa shape index (κ3) is 5.13. The van der Waals surface area contributed by atoms with Crippen molar-refractivity contribution in [3.8, 4) is 17.6 Å². The van der Waals surface area contributed by atoms with E-state index in [0.29, 0.717) is 17.1 Å². The molecule has 1 aromatic carbocycles. The maximum Gasteiger partial charge on any atom is 0.349 e. The molecule has 0 aliphatic rings. The van der Waals surface area contributed by atoms with Crippen molar-refractivity contribution in [2.75, 3.05) is 7.11 Å². The summed E-state index contributed by atoms with van der Waals surface area (Å²) in [6.45, 7) is 7.30. The van der Waals surface area contributed by atoms with Crippen LogP contribution in [-0.4, -0.2) is 25.3 Å². The van der Waals surface area contributed by atoms with Gasteiger partial charge in [-0.15, -0.1) is 0 Å². The maximum absolute atomic E-state index is 11.8. The molecule has 0 amide bonds. The molecule has 0 heterocycles. The Morgan fingerprint density at radius 2 is 1.86 bits per heavy atom. The quantitative estimate of drug-likeness (QED) is 0.458. The van der Waals surface area contributed by atoms with E-state index in [0.717, 1.165) is 0 Å². The topological polar surface area (TPSA) is 68.5 Å². The lowest BCUT2D eigenvalue weighted by Gasteiger charge is -2.14. The Labute approximate surface area is 131 Å². The minimum Gasteiger partial charge on any atom is -0.493 e. The molecule has 0 saturated heterocycles. The summed E-state index contributed by atoms with van der Waals surface area (Å²) in [6.07, 6.45) is 1.21. The first-order chi connectivity index (χ1) is 10.4. The first-order valence-electron chi connectivity index (χ1n) is 7.04. The van der Waals surface area contributed by atoms with Crippen LogP contribution >= 0.6 is 0 Å². The van der Waals surface area contributed by atoms with Gasteiger partial charge in [-0.05, 0) is 51.5 Å². The number of nitriles is 1. The van der Waals surface area contributed by atoms with Crippen molar-refractivity contribution in [1.82, 2.24) is 0 Å². The Morgan fingerprint density at radius 3 is 2.36 bits per heavy atom. The fourth-order valence-electron chi connectivity index (χ4n) is 1.71. The molecule has 0 unspecified atom stereocenters. The third-order valence-electron chi connectivity index (χ3n) is 2.54. The molecule has 0 saturated carbocycles. The van der Waals surface area contributed by atoms with E-state index in [1.165, 1.54) is 13.2 Å². The van der Waals surface area contributed by atoms with Crippen molar-refractivity contribution >= 4 is 12.0 Å². The molecule has 0 aliphatic carbocycles. The summed E-state index contributed by atoms with van der Waals surface area (Å²) in [6, 6.07) is 7.05. The molecule has 118 valence electrons. The predicted molar refractivity (Wildman–Crippen MR) is 83.6 cm³/mol. The van der Waals surface area contributed by atoms with E-state index in [2.05, 4.69) is 0 Å². The summed E-state index contributed by atoms with van der Waals surface area (Å²) in [5, 5.41) is 9.10. The number of hydrogen-bond acceptors (Lipinski definition) is 5. The molecule has 5 nitrogen and oxygen atoms in total. The molecule has 22 heavy (non-hydrogen) atoms. The van der Waals surface area contributed by atoms with Crippen LogP contribution in [0.3, 0.4) is 0 Å². The van der Waals surface area contributed by atoms with Crippen LogP contribution in [0.1, 0.15) is 33.3 Å². The standard InChI is InChI=1S/C17H21NO4/c1-11(2)21-15-7-6-13(9-16(15)20-5)8-14(10-18)17(19)22-12(3)4/h6-9,11-12H,1-5H3/b14-8+. The van der Waals surface area contributed by atoms with Gasteiger partial charge < -0.3 is 14.2 Å². The zero-order chi connectivity index (χ0) is 16.7. The third-order valence-corrected chi connectivity index (χ3v) is 2.54. The minimum atomic E-state index is -0.640. The number of nitrogens with zero attached hydrogens (tertiary/aromatic N) is 1. The van der Waals surface area contributed by atoms with Crippen molar-refractivity contribution in [3.63, 3.8) is 0 Å². The molecule has 0 radical (unpaired) electrons. The Hall–Kier alpha value is -2.48.